The first-order valence-electron chi connectivity index (χ1n) is 7.98. The molecule has 0 aliphatic carbocycles. The fourth-order valence-electron chi connectivity index (χ4n) is 3.59. The van der Waals surface area contributed by atoms with Gasteiger partial charge in [-0.05, 0) is 30.0 Å². The monoisotopic (exact) mass is 317 g/mol. The Kier molecular flexibility index (Phi) is 4.68. The van der Waals surface area contributed by atoms with E-state index < -0.39 is 11.4 Å². The summed E-state index contributed by atoms with van der Waals surface area (Å²) in [6.45, 7) is 3.18. The molecule has 2 heterocycles. The SMILES string of the molecule is COc1ccc(/C=C/CN2C[C@@H]3CCOC[C@]3(C(=O)O)C2)cc1. The van der Waals surface area contributed by atoms with E-state index in [9.17, 15) is 9.90 Å². The van der Waals surface area contributed by atoms with Crippen molar-refractivity contribution in [2.75, 3.05) is 40.0 Å². The van der Waals surface area contributed by atoms with Crippen molar-refractivity contribution in [3.05, 3.63) is 35.9 Å². The van der Waals surface area contributed by atoms with Crippen LogP contribution in [0.1, 0.15) is 12.0 Å². The van der Waals surface area contributed by atoms with Crippen molar-refractivity contribution in [3.8, 4) is 5.75 Å². The summed E-state index contributed by atoms with van der Waals surface area (Å²) in [4.78, 5) is 13.9. The van der Waals surface area contributed by atoms with E-state index in [0.29, 0.717) is 19.8 Å². The number of carboxylic acid groups (broad SMARTS) is 1. The molecule has 1 aromatic carbocycles. The number of hydrogen-bond acceptors (Lipinski definition) is 4. The van der Waals surface area contributed by atoms with Gasteiger partial charge in [0.1, 0.15) is 11.2 Å². The molecule has 1 aromatic rings. The molecule has 3 rings (SSSR count). The van der Waals surface area contributed by atoms with Crippen LogP contribution in [0.3, 0.4) is 0 Å². The van der Waals surface area contributed by atoms with Gasteiger partial charge >= 0.3 is 5.97 Å². The van der Waals surface area contributed by atoms with Gasteiger partial charge in [-0.1, -0.05) is 24.3 Å². The summed E-state index contributed by atoms with van der Waals surface area (Å²) in [6.07, 6.45) is 4.99. The minimum atomic E-state index is -0.719. The van der Waals surface area contributed by atoms with Crippen molar-refractivity contribution >= 4 is 12.0 Å². The van der Waals surface area contributed by atoms with Crippen LogP contribution < -0.4 is 4.74 Å². The smallest absolute Gasteiger partial charge is 0.313 e. The molecule has 5 heteroatoms. The molecule has 2 aliphatic heterocycles. The Labute approximate surface area is 136 Å². The van der Waals surface area contributed by atoms with Gasteiger partial charge < -0.3 is 14.6 Å². The zero-order valence-corrected chi connectivity index (χ0v) is 13.4. The van der Waals surface area contributed by atoms with E-state index >= 15 is 0 Å². The van der Waals surface area contributed by atoms with Gasteiger partial charge in [0, 0.05) is 26.2 Å². The van der Waals surface area contributed by atoms with Crippen LogP contribution in [0.25, 0.3) is 6.08 Å². The maximum Gasteiger partial charge on any atom is 0.313 e. The Hall–Kier alpha value is -1.85. The molecule has 2 fully saturated rings. The van der Waals surface area contributed by atoms with Crippen LogP contribution in [0.5, 0.6) is 5.75 Å². The first-order chi connectivity index (χ1) is 11.1. The minimum Gasteiger partial charge on any atom is -0.497 e. The fraction of sp³-hybridized carbons (Fsp3) is 0.500. The predicted octanol–water partition coefficient (Wildman–Crippen LogP) is 2.13. The van der Waals surface area contributed by atoms with E-state index in [1.165, 1.54) is 0 Å². The molecule has 0 bridgehead atoms. The molecule has 0 spiro atoms. The summed E-state index contributed by atoms with van der Waals surface area (Å²) in [6, 6.07) is 7.87. The first kappa shape index (κ1) is 16.0. The molecule has 0 saturated carbocycles. The van der Waals surface area contributed by atoms with Gasteiger partial charge in [0.05, 0.1) is 13.7 Å². The summed E-state index contributed by atoms with van der Waals surface area (Å²) in [5.41, 5.74) is 0.394. The molecule has 0 aromatic heterocycles. The molecule has 2 saturated heterocycles. The number of rotatable bonds is 5. The lowest BCUT2D eigenvalue weighted by Gasteiger charge is -2.34. The highest BCUT2D eigenvalue weighted by Gasteiger charge is 2.53. The van der Waals surface area contributed by atoms with Crippen LogP contribution in [-0.4, -0.2) is 55.9 Å². The summed E-state index contributed by atoms with van der Waals surface area (Å²) in [5, 5.41) is 9.63. The Morgan fingerprint density at radius 3 is 2.91 bits per heavy atom. The molecule has 0 radical (unpaired) electrons. The zero-order valence-electron chi connectivity index (χ0n) is 13.4. The molecule has 2 aliphatic rings. The van der Waals surface area contributed by atoms with E-state index in [-0.39, 0.29) is 5.92 Å². The standard InChI is InChI=1S/C18H23NO4/c1-22-16-6-4-14(5-7-16)3-2-9-19-11-15-8-10-23-13-18(15,12-19)17(20)21/h2-7,15H,8-13H2,1H3,(H,20,21)/b3-2+/t15-,18+/m0/s1. The van der Waals surface area contributed by atoms with Gasteiger partial charge in [-0.25, -0.2) is 0 Å². The van der Waals surface area contributed by atoms with Crippen molar-refractivity contribution in [2.24, 2.45) is 11.3 Å². The second-order valence-electron chi connectivity index (χ2n) is 6.37. The zero-order chi connectivity index (χ0) is 16.3. The van der Waals surface area contributed by atoms with Gasteiger partial charge in [0.2, 0.25) is 0 Å². The number of carbonyl (C=O) groups is 1. The summed E-state index contributed by atoms with van der Waals surface area (Å²) in [5.74, 6) is 0.320. The van der Waals surface area contributed by atoms with Crippen LogP contribution >= 0.6 is 0 Å². The lowest BCUT2D eigenvalue weighted by atomic mass is 9.76. The van der Waals surface area contributed by atoms with Crippen molar-refractivity contribution in [2.45, 2.75) is 6.42 Å². The molecular formula is C18H23NO4. The molecule has 23 heavy (non-hydrogen) atoms. The van der Waals surface area contributed by atoms with Gasteiger partial charge in [0.15, 0.2) is 0 Å². The van der Waals surface area contributed by atoms with Gasteiger partial charge in [-0.15, -0.1) is 0 Å². The van der Waals surface area contributed by atoms with Crippen molar-refractivity contribution in [1.82, 2.24) is 4.90 Å². The highest BCUT2D eigenvalue weighted by Crippen LogP contribution is 2.41. The van der Waals surface area contributed by atoms with Crippen LogP contribution in [0, 0.1) is 11.3 Å². The van der Waals surface area contributed by atoms with E-state index in [1.807, 2.05) is 24.3 Å². The van der Waals surface area contributed by atoms with Gasteiger partial charge in [-0.3, -0.25) is 9.69 Å². The third-order valence-corrected chi connectivity index (χ3v) is 4.95. The summed E-state index contributed by atoms with van der Waals surface area (Å²) in [7, 11) is 1.65. The highest BCUT2D eigenvalue weighted by atomic mass is 16.5. The quantitative estimate of drug-likeness (QED) is 0.901. The maximum atomic E-state index is 11.7. The maximum absolute atomic E-state index is 11.7. The first-order valence-corrected chi connectivity index (χ1v) is 7.98. The van der Waals surface area contributed by atoms with E-state index in [2.05, 4.69) is 17.1 Å². The average molecular weight is 317 g/mol. The van der Waals surface area contributed by atoms with E-state index in [1.54, 1.807) is 7.11 Å². The van der Waals surface area contributed by atoms with Crippen molar-refractivity contribution < 1.29 is 19.4 Å². The fourth-order valence-corrected chi connectivity index (χ4v) is 3.59. The minimum absolute atomic E-state index is 0.197. The number of likely N-dealkylation sites (tertiary alicyclic amines) is 1. The van der Waals surface area contributed by atoms with Crippen LogP contribution in [0.4, 0.5) is 0 Å². The highest BCUT2D eigenvalue weighted by molar-refractivity contribution is 5.76. The normalized spacial score (nSPS) is 28.0. The lowest BCUT2D eigenvalue weighted by Crippen LogP contribution is -2.46. The molecule has 0 unspecified atom stereocenters. The number of benzene rings is 1. The Bertz CT molecular complexity index is 583. The number of nitrogens with zero attached hydrogens (tertiary/aromatic N) is 1. The summed E-state index contributed by atoms with van der Waals surface area (Å²) >= 11 is 0. The number of aliphatic carboxylic acids is 1. The van der Waals surface area contributed by atoms with Crippen LogP contribution in [0.2, 0.25) is 0 Å². The van der Waals surface area contributed by atoms with Crippen LogP contribution in [-0.2, 0) is 9.53 Å². The van der Waals surface area contributed by atoms with Gasteiger partial charge in [0.25, 0.3) is 0 Å². The molecule has 2 atom stereocenters. The molecule has 1 N–H and O–H groups in total. The Morgan fingerprint density at radius 1 is 1.48 bits per heavy atom. The second-order valence-corrected chi connectivity index (χ2v) is 6.37. The third-order valence-electron chi connectivity index (χ3n) is 4.95. The number of ether oxygens (including phenoxy) is 2. The number of fused-ring (bicyclic) bond motifs is 1. The lowest BCUT2D eigenvalue weighted by molar-refractivity contribution is -0.159. The van der Waals surface area contributed by atoms with Crippen LogP contribution in [0.15, 0.2) is 30.3 Å². The molecule has 0 amide bonds. The molecular weight excluding hydrogens is 294 g/mol. The largest absolute Gasteiger partial charge is 0.497 e. The molecule has 124 valence electrons. The predicted molar refractivity (Wildman–Crippen MR) is 87.5 cm³/mol. The number of carboxylic acids is 1. The summed E-state index contributed by atoms with van der Waals surface area (Å²) < 4.78 is 10.6. The van der Waals surface area contributed by atoms with Gasteiger partial charge in [-0.2, -0.15) is 0 Å². The van der Waals surface area contributed by atoms with E-state index in [4.69, 9.17) is 9.47 Å². The topological polar surface area (TPSA) is 59.0 Å². The number of methoxy groups -OCH3 is 1. The van der Waals surface area contributed by atoms with Crippen molar-refractivity contribution in [1.29, 1.82) is 0 Å². The molecule has 5 nitrogen and oxygen atoms in total. The number of hydrogen-bond donors (Lipinski definition) is 1. The Balaban J connectivity index is 1.60. The van der Waals surface area contributed by atoms with Crippen molar-refractivity contribution in [3.63, 3.8) is 0 Å². The second kappa shape index (κ2) is 6.72. The van der Waals surface area contributed by atoms with E-state index in [0.717, 1.165) is 30.8 Å². The average Bonchev–Trinajstić information content (AvgIpc) is 2.95. The third kappa shape index (κ3) is 3.26. The Morgan fingerprint density at radius 2 is 2.26 bits per heavy atom.